The predicted molar refractivity (Wildman–Crippen MR) is 254 cm³/mol. The van der Waals surface area contributed by atoms with Gasteiger partial charge in [-0.15, -0.1) is 4.99 Å². The number of alkyl carbamates (subject to hydrolysis) is 1. The van der Waals surface area contributed by atoms with Crippen LogP contribution in [0.2, 0.25) is 0 Å². The Morgan fingerprint density at radius 3 is 1.65 bits per heavy atom. The van der Waals surface area contributed by atoms with E-state index >= 15 is 0 Å². The molecule has 20 heteroatoms. The summed E-state index contributed by atoms with van der Waals surface area (Å²) in [6.45, 7) is 25.0. The zero-order valence-corrected chi connectivity index (χ0v) is 42.8. The van der Waals surface area contributed by atoms with E-state index in [-0.39, 0.29) is 63.3 Å². The lowest BCUT2D eigenvalue weighted by Gasteiger charge is -2.32. The summed E-state index contributed by atoms with van der Waals surface area (Å²) in [5, 5.41) is 5.19. The van der Waals surface area contributed by atoms with Crippen molar-refractivity contribution in [2.24, 2.45) is 4.99 Å². The fourth-order valence-electron chi connectivity index (χ4n) is 5.38. The standard InChI is InChI=1S/C49H72N4O16/c1-45(2,3)65-37(54)24-26-61-28-29-62-27-25-53(36(40(57)67-47(7,8)9)30-38(55)66-46(4,5)6)44(60)63-31-32-16-22-35(23-17-32)64-39(56)33-18-20-34(21-19-33)50-41(51-42(58)68-48(10,11)12)52-43(59)69-49(13,14)15/h16-23,36H,24-31H2,1-15H3,(H2,50,51,52,58,59). The van der Waals surface area contributed by atoms with Crippen LogP contribution in [0.25, 0.3) is 0 Å². The van der Waals surface area contributed by atoms with Gasteiger partial charge in [-0.1, -0.05) is 12.1 Å². The van der Waals surface area contributed by atoms with Crippen LogP contribution in [0.1, 0.15) is 133 Å². The van der Waals surface area contributed by atoms with Crippen LogP contribution in [0, 0.1) is 0 Å². The van der Waals surface area contributed by atoms with Crippen molar-refractivity contribution in [2.75, 3.05) is 38.3 Å². The molecule has 0 radical (unpaired) electrons. The Bertz CT molecular complexity index is 2070. The molecule has 0 aromatic heterocycles. The Hall–Kier alpha value is -6.28. The molecule has 0 bridgehead atoms. The molecule has 2 N–H and O–H groups in total. The van der Waals surface area contributed by atoms with Crippen LogP contribution < -0.4 is 15.4 Å². The van der Waals surface area contributed by atoms with E-state index in [0.717, 1.165) is 4.90 Å². The molecule has 0 heterocycles. The number of carbonyl (C=O) groups is 7. The van der Waals surface area contributed by atoms with E-state index in [0.29, 0.717) is 11.3 Å². The number of amides is 3. The molecule has 1 atom stereocenters. The van der Waals surface area contributed by atoms with Crippen molar-refractivity contribution >= 4 is 53.8 Å². The lowest BCUT2D eigenvalue weighted by Crippen LogP contribution is -2.50. The SMILES string of the molecule is CC(C)(C)OC(=O)CCOCCOCCN(C(=O)OCc1ccc(OC(=O)c2ccc(NC(=NC(=O)OC(C)(C)C)NC(=O)OC(C)(C)C)cc2)cc1)C(CC(=O)OC(C)(C)C)C(=O)OC(C)(C)C. The van der Waals surface area contributed by atoms with Gasteiger partial charge in [-0.05, 0) is 146 Å². The summed E-state index contributed by atoms with van der Waals surface area (Å²) in [5.41, 5.74) is -3.16. The lowest BCUT2D eigenvalue weighted by atomic mass is 10.1. The summed E-state index contributed by atoms with van der Waals surface area (Å²) in [4.78, 5) is 95.3. The second-order valence-electron chi connectivity index (χ2n) is 20.5. The van der Waals surface area contributed by atoms with Crippen molar-refractivity contribution < 1.29 is 76.2 Å². The molecule has 0 aliphatic carbocycles. The molecular formula is C49H72N4O16. The highest BCUT2D eigenvalue weighted by atomic mass is 16.6. The predicted octanol–water partition coefficient (Wildman–Crippen LogP) is 8.28. The zero-order chi connectivity index (χ0) is 52.4. The maximum absolute atomic E-state index is 13.8. The Morgan fingerprint density at radius 2 is 1.12 bits per heavy atom. The molecule has 0 saturated carbocycles. The Labute approximate surface area is 405 Å². The fourth-order valence-corrected chi connectivity index (χ4v) is 5.38. The molecule has 69 heavy (non-hydrogen) atoms. The normalized spacial score (nSPS) is 12.7. The first-order valence-electron chi connectivity index (χ1n) is 22.4. The van der Waals surface area contributed by atoms with Gasteiger partial charge >= 0.3 is 42.2 Å². The maximum atomic E-state index is 13.8. The largest absolute Gasteiger partial charge is 0.460 e. The number of aliphatic imine (C=N–C) groups is 1. The first-order valence-corrected chi connectivity index (χ1v) is 22.4. The number of carbonyl (C=O) groups excluding carboxylic acids is 7. The van der Waals surface area contributed by atoms with Crippen LogP contribution in [-0.2, 0) is 58.9 Å². The number of hydrogen-bond donors (Lipinski definition) is 2. The van der Waals surface area contributed by atoms with Crippen molar-refractivity contribution in [2.45, 2.75) is 157 Å². The highest BCUT2D eigenvalue weighted by Gasteiger charge is 2.37. The quantitative estimate of drug-likeness (QED) is 0.0356. The summed E-state index contributed by atoms with van der Waals surface area (Å²) < 4.78 is 49.2. The minimum atomic E-state index is -1.45. The summed E-state index contributed by atoms with van der Waals surface area (Å²) in [5.74, 6) is -2.83. The first kappa shape index (κ1) is 58.8. The molecule has 0 fully saturated rings. The van der Waals surface area contributed by atoms with Gasteiger partial charge in [0.1, 0.15) is 46.4 Å². The molecule has 0 spiro atoms. The molecule has 384 valence electrons. The van der Waals surface area contributed by atoms with Crippen molar-refractivity contribution in [1.29, 1.82) is 0 Å². The number of nitrogens with one attached hydrogen (secondary N) is 2. The van der Waals surface area contributed by atoms with Gasteiger partial charge in [0.2, 0.25) is 5.96 Å². The van der Waals surface area contributed by atoms with E-state index in [4.69, 9.17) is 42.6 Å². The van der Waals surface area contributed by atoms with Crippen molar-refractivity contribution in [3.05, 3.63) is 59.7 Å². The van der Waals surface area contributed by atoms with Gasteiger partial charge in [0, 0.05) is 12.2 Å². The van der Waals surface area contributed by atoms with Gasteiger partial charge in [-0.25, -0.2) is 24.0 Å². The average Bonchev–Trinajstić information content (AvgIpc) is 3.16. The molecular weight excluding hydrogens is 901 g/mol. The molecule has 0 aliphatic heterocycles. The molecule has 3 amide bonds. The summed E-state index contributed by atoms with van der Waals surface area (Å²) >= 11 is 0. The summed E-state index contributed by atoms with van der Waals surface area (Å²) in [7, 11) is 0. The number of guanidine groups is 1. The number of anilines is 1. The molecule has 2 rings (SSSR count). The summed E-state index contributed by atoms with van der Waals surface area (Å²) in [6.07, 6.45) is -3.28. The van der Waals surface area contributed by atoms with Gasteiger partial charge in [0.25, 0.3) is 0 Å². The Morgan fingerprint density at radius 1 is 0.594 bits per heavy atom. The van der Waals surface area contributed by atoms with Crippen LogP contribution in [0.3, 0.4) is 0 Å². The lowest BCUT2D eigenvalue weighted by molar-refractivity contribution is -0.168. The first-order chi connectivity index (χ1) is 31.7. The van der Waals surface area contributed by atoms with E-state index < -0.39 is 82.6 Å². The van der Waals surface area contributed by atoms with Crippen LogP contribution in [-0.4, -0.2) is 120 Å². The smallest absolute Gasteiger partial charge is 0.437 e. The van der Waals surface area contributed by atoms with E-state index in [2.05, 4.69) is 15.6 Å². The van der Waals surface area contributed by atoms with Gasteiger partial charge in [-0.2, -0.15) is 0 Å². The van der Waals surface area contributed by atoms with Gasteiger partial charge in [-0.3, -0.25) is 19.8 Å². The van der Waals surface area contributed by atoms with E-state index in [9.17, 15) is 33.6 Å². The number of rotatable bonds is 18. The fraction of sp³-hybridized carbons (Fsp3) is 0.592. The topological polar surface area (TPSA) is 242 Å². The van der Waals surface area contributed by atoms with Crippen molar-refractivity contribution in [3.63, 3.8) is 0 Å². The van der Waals surface area contributed by atoms with Crippen LogP contribution in [0.15, 0.2) is 53.5 Å². The van der Waals surface area contributed by atoms with Crippen LogP contribution >= 0.6 is 0 Å². The minimum Gasteiger partial charge on any atom is -0.460 e. The minimum absolute atomic E-state index is 0.0545. The van der Waals surface area contributed by atoms with E-state index in [1.807, 2.05) is 0 Å². The Kier molecular flexibility index (Phi) is 22.1. The molecule has 2 aromatic carbocycles. The zero-order valence-electron chi connectivity index (χ0n) is 42.8. The highest BCUT2D eigenvalue weighted by molar-refractivity contribution is 6.06. The third-order valence-electron chi connectivity index (χ3n) is 7.88. The molecule has 20 nitrogen and oxygen atoms in total. The number of ether oxygens (including phenoxy) is 9. The van der Waals surface area contributed by atoms with Gasteiger partial charge in [0.15, 0.2) is 0 Å². The van der Waals surface area contributed by atoms with Gasteiger partial charge in [0.05, 0.1) is 44.8 Å². The number of esters is 4. The average molecular weight is 973 g/mol. The van der Waals surface area contributed by atoms with E-state index in [1.54, 1.807) is 116 Å². The number of nitrogens with zero attached hydrogens (tertiary/aromatic N) is 2. The van der Waals surface area contributed by atoms with Crippen LogP contribution in [0.4, 0.5) is 20.1 Å². The molecule has 2 aromatic rings. The number of hydrogen-bond acceptors (Lipinski definition) is 16. The van der Waals surface area contributed by atoms with Crippen molar-refractivity contribution in [3.8, 4) is 5.75 Å². The number of benzene rings is 2. The molecule has 1 unspecified atom stereocenters. The third kappa shape index (κ3) is 26.7. The van der Waals surface area contributed by atoms with E-state index in [1.165, 1.54) is 36.4 Å². The second kappa shape index (κ2) is 25.9. The summed E-state index contributed by atoms with van der Waals surface area (Å²) in [6, 6.07) is 10.6. The van der Waals surface area contributed by atoms with Crippen molar-refractivity contribution in [1.82, 2.24) is 10.2 Å². The highest BCUT2D eigenvalue weighted by Crippen LogP contribution is 2.21. The monoisotopic (exact) mass is 972 g/mol. The second-order valence-corrected chi connectivity index (χ2v) is 20.5. The Balaban J connectivity index is 2.17. The van der Waals surface area contributed by atoms with Crippen LogP contribution in [0.5, 0.6) is 5.75 Å². The van der Waals surface area contributed by atoms with Gasteiger partial charge < -0.3 is 47.9 Å². The molecule has 0 saturated heterocycles. The maximum Gasteiger partial charge on any atom is 0.437 e. The third-order valence-corrected chi connectivity index (χ3v) is 7.88. The molecule has 0 aliphatic rings.